The molecular formula is C18H19O3P. The lowest BCUT2D eigenvalue weighted by atomic mass is 9.92. The second kappa shape index (κ2) is 5.51. The van der Waals surface area contributed by atoms with Crippen molar-refractivity contribution in [2.75, 3.05) is 0 Å². The van der Waals surface area contributed by atoms with Crippen molar-refractivity contribution in [3.63, 3.8) is 0 Å². The van der Waals surface area contributed by atoms with Crippen LogP contribution >= 0.6 is 7.60 Å². The third kappa shape index (κ3) is 2.93. The summed E-state index contributed by atoms with van der Waals surface area (Å²) in [6.07, 6.45) is -0.212. The molecule has 114 valence electrons. The quantitative estimate of drug-likeness (QED) is 0.539. The maximum atomic E-state index is 11.6. The van der Waals surface area contributed by atoms with Crippen molar-refractivity contribution in [3.8, 4) is 0 Å². The summed E-state index contributed by atoms with van der Waals surface area (Å²) in [6.45, 7) is 4.09. The van der Waals surface area contributed by atoms with E-state index in [-0.39, 0.29) is 12.1 Å². The second-order valence-electron chi connectivity index (χ2n) is 6.03. The molecule has 0 bridgehead atoms. The minimum Gasteiger partial charge on any atom is -0.324 e. The fourth-order valence-corrected chi connectivity index (χ4v) is 3.78. The van der Waals surface area contributed by atoms with E-state index >= 15 is 0 Å². The molecule has 0 unspecified atom stereocenters. The van der Waals surface area contributed by atoms with Gasteiger partial charge in [-0.3, -0.25) is 4.57 Å². The van der Waals surface area contributed by atoms with Crippen molar-refractivity contribution in [2.45, 2.75) is 25.9 Å². The Bertz CT molecular complexity index is 893. The third-order valence-electron chi connectivity index (χ3n) is 4.02. The zero-order valence-corrected chi connectivity index (χ0v) is 13.5. The molecule has 0 aliphatic heterocycles. The van der Waals surface area contributed by atoms with Gasteiger partial charge in [0, 0.05) is 0 Å². The van der Waals surface area contributed by atoms with Crippen LogP contribution in [0.15, 0.2) is 48.5 Å². The molecule has 0 saturated heterocycles. The lowest BCUT2D eigenvalue weighted by molar-refractivity contribution is 0.371. The molecule has 3 rings (SSSR count). The first-order chi connectivity index (χ1) is 10.3. The van der Waals surface area contributed by atoms with Crippen LogP contribution in [0.2, 0.25) is 0 Å². The van der Waals surface area contributed by atoms with E-state index in [4.69, 9.17) is 0 Å². The number of hydrogen-bond acceptors (Lipinski definition) is 1. The van der Waals surface area contributed by atoms with E-state index in [1.807, 2.05) is 56.3 Å². The molecular weight excluding hydrogens is 295 g/mol. The van der Waals surface area contributed by atoms with Gasteiger partial charge in [-0.15, -0.1) is 0 Å². The standard InChI is InChI=1S/C18H19O3P/c1-12(2)16-8-7-15-9-13-5-3-4-6-14(13)10-17(15)18(16)11-22(19,20)21/h3-10,12H,11H2,1-2H3,(H2,19,20,21). The van der Waals surface area contributed by atoms with Gasteiger partial charge in [0.2, 0.25) is 0 Å². The van der Waals surface area contributed by atoms with E-state index in [1.54, 1.807) is 0 Å². The van der Waals surface area contributed by atoms with Crippen LogP contribution in [0.1, 0.15) is 30.9 Å². The SMILES string of the molecule is CC(C)c1ccc2cc3ccccc3cc2c1CP(=O)(O)O. The molecule has 0 atom stereocenters. The summed E-state index contributed by atoms with van der Waals surface area (Å²) in [4.78, 5) is 18.9. The Hall–Kier alpha value is -1.67. The van der Waals surface area contributed by atoms with E-state index in [2.05, 4.69) is 6.07 Å². The summed E-state index contributed by atoms with van der Waals surface area (Å²) < 4.78 is 11.6. The first-order valence-electron chi connectivity index (χ1n) is 7.34. The molecule has 2 N–H and O–H groups in total. The highest BCUT2D eigenvalue weighted by Crippen LogP contribution is 2.43. The van der Waals surface area contributed by atoms with Crippen LogP contribution in [0.4, 0.5) is 0 Å². The zero-order chi connectivity index (χ0) is 15.9. The van der Waals surface area contributed by atoms with Crippen molar-refractivity contribution in [3.05, 3.63) is 59.7 Å². The van der Waals surface area contributed by atoms with Crippen molar-refractivity contribution in [1.29, 1.82) is 0 Å². The van der Waals surface area contributed by atoms with Gasteiger partial charge in [0.25, 0.3) is 0 Å². The van der Waals surface area contributed by atoms with Crippen LogP contribution < -0.4 is 0 Å². The Morgan fingerprint density at radius 3 is 2.18 bits per heavy atom. The van der Waals surface area contributed by atoms with Crippen LogP contribution in [0.5, 0.6) is 0 Å². The summed E-state index contributed by atoms with van der Waals surface area (Å²) in [7, 11) is -4.12. The lowest BCUT2D eigenvalue weighted by Crippen LogP contribution is -1.99. The first kappa shape index (κ1) is 15.2. The molecule has 0 heterocycles. The normalized spacial score (nSPS) is 12.4. The average Bonchev–Trinajstić information content (AvgIpc) is 2.44. The third-order valence-corrected chi connectivity index (χ3v) is 4.75. The Labute approximate surface area is 129 Å². The van der Waals surface area contributed by atoms with Crippen LogP contribution in [-0.2, 0) is 10.7 Å². The first-order valence-corrected chi connectivity index (χ1v) is 9.14. The van der Waals surface area contributed by atoms with Gasteiger partial charge < -0.3 is 9.79 Å². The average molecular weight is 314 g/mol. The van der Waals surface area contributed by atoms with Crippen LogP contribution in [0.3, 0.4) is 0 Å². The summed E-state index contributed by atoms with van der Waals surface area (Å²) in [5, 5.41) is 4.18. The number of hydrogen-bond donors (Lipinski definition) is 2. The molecule has 0 fully saturated rings. The molecule has 0 aliphatic rings. The smallest absolute Gasteiger partial charge is 0.324 e. The van der Waals surface area contributed by atoms with E-state index in [0.29, 0.717) is 0 Å². The van der Waals surface area contributed by atoms with E-state index < -0.39 is 7.60 Å². The highest BCUT2D eigenvalue weighted by atomic mass is 31.2. The van der Waals surface area contributed by atoms with Crippen molar-refractivity contribution < 1.29 is 14.4 Å². The fourth-order valence-electron chi connectivity index (χ4n) is 3.02. The van der Waals surface area contributed by atoms with Crippen molar-refractivity contribution in [1.82, 2.24) is 0 Å². The summed E-state index contributed by atoms with van der Waals surface area (Å²) >= 11 is 0. The van der Waals surface area contributed by atoms with Gasteiger partial charge in [0.05, 0.1) is 6.16 Å². The van der Waals surface area contributed by atoms with Crippen LogP contribution in [-0.4, -0.2) is 9.79 Å². The minimum atomic E-state index is -4.12. The zero-order valence-electron chi connectivity index (χ0n) is 12.7. The predicted octanol–water partition coefficient (Wildman–Crippen LogP) is 4.79. The summed E-state index contributed by atoms with van der Waals surface area (Å²) in [5.41, 5.74) is 1.78. The van der Waals surface area contributed by atoms with Crippen molar-refractivity contribution in [2.24, 2.45) is 0 Å². The topological polar surface area (TPSA) is 57.5 Å². The molecule has 0 saturated carbocycles. The Morgan fingerprint density at radius 1 is 0.955 bits per heavy atom. The maximum Gasteiger partial charge on any atom is 0.329 e. The van der Waals surface area contributed by atoms with Crippen LogP contribution in [0.25, 0.3) is 21.5 Å². The molecule has 0 aliphatic carbocycles. The van der Waals surface area contributed by atoms with Crippen molar-refractivity contribution >= 4 is 29.1 Å². The molecule has 0 aromatic heterocycles. The van der Waals surface area contributed by atoms with Gasteiger partial charge in [-0.2, -0.15) is 0 Å². The highest BCUT2D eigenvalue weighted by molar-refractivity contribution is 7.50. The highest BCUT2D eigenvalue weighted by Gasteiger charge is 2.20. The largest absolute Gasteiger partial charge is 0.329 e. The second-order valence-corrected chi connectivity index (χ2v) is 7.68. The van der Waals surface area contributed by atoms with E-state index in [9.17, 15) is 14.4 Å². The van der Waals surface area contributed by atoms with E-state index in [1.165, 1.54) is 0 Å². The Balaban J connectivity index is 2.36. The predicted molar refractivity (Wildman–Crippen MR) is 91.3 cm³/mol. The Morgan fingerprint density at radius 2 is 1.59 bits per heavy atom. The van der Waals surface area contributed by atoms with Gasteiger partial charge in [-0.05, 0) is 50.7 Å². The lowest BCUT2D eigenvalue weighted by Gasteiger charge is -2.17. The van der Waals surface area contributed by atoms with Gasteiger partial charge in [-0.1, -0.05) is 50.2 Å². The molecule has 4 heteroatoms. The van der Waals surface area contributed by atoms with Gasteiger partial charge in [-0.25, -0.2) is 0 Å². The number of fused-ring (bicyclic) bond motifs is 2. The monoisotopic (exact) mass is 314 g/mol. The molecule has 3 aromatic rings. The van der Waals surface area contributed by atoms with E-state index in [0.717, 1.165) is 32.7 Å². The summed E-state index contributed by atoms with van der Waals surface area (Å²) in [6, 6.07) is 16.2. The molecule has 0 radical (unpaired) electrons. The number of benzene rings is 3. The van der Waals surface area contributed by atoms with Crippen LogP contribution in [0, 0.1) is 0 Å². The molecule has 22 heavy (non-hydrogen) atoms. The number of rotatable bonds is 3. The molecule has 0 amide bonds. The van der Waals surface area contributed by atoms with Gasteiger partial charge >= 0.3 is 7.60 Å². The minimum absolute atomic E-state index is 0.212. The maximum absolute atomic E-state index is 11.6. The van der Waals surface area contributed by atoms with Gasteiger partial charge in [0.1, 0.15) is 0 Å². The molecule has 3 nitrogen and oxygen atoms in total. The fraction of sp³-hybridized carbons (Fsp3) is 0.222. The summed E-state index contributed by atoms with van der Waals surface area (Å²) in [5.74, 6) is 0.220. The van der Waals surface area contributed by atoms with Gasteiger partial charge in [0.15, 0.2) is 0 Å². The Kier molecular flexibility index (Phi) is 3.82. The molecule has 0 spiro atoms. The molecule has 3 aromatic carbocycles.